The van der Waals surface area contributed by atoms with E-state index < -0.39 is 12.0 Å². The highest BCUT2D eigenvalue weighted by molar-refractivity contribution is 6.01. The molecule has 1 rings (SSSR count). The summed E-state index contributed by atoms with van der Waals surface area (Å²) in [4.78, 5) is 30.6. The third-order valence-corrected chi connectivity index (χ3v) is 9.48. The van der Waals surface area contributed by atoms with Crippen molar-refractivity contribution in [2.24, 2.45) is 5.16 Å². The summed E-state index contributed by atoms with van der Waals surface area (Å²) in [5, 5.41) is 26.3. The van der Waals surface area contributed by atoms with E-state index in [-0.39, 0.29) is 24.5 Å². The van der Waals surface area contributed by atoms with Gasteiger partial charge in [0.15, 0.2) is 0 Å². The van der Waals surface area contributed by atoms with E-state index in [0.717, 1.165) is 31.2 Å². The van der Waals surface area contributed by atoms with Crippen LogP contribution in [0.1, 0.15) is 199 Å². The average Bonchev–Trinajstić information content (AvgIpc) is 3.09. The Balaban J connectivity index is 2.39. The predicted molar refractivity (Wildman–Crippen MR) is 205 cm³/mol. The average molecular weight is 687 g/mol. The fraction of sp³-hybridized carbons (Fsp3) is 0.786. The number of rotatable bonds is 35. The number of phenolic OH excluding ortho intramolecular Hbond substituents is 1. The van der Waals surface area contributed by atoms with Gasteiger partial charge in [0.1, 0.15) is 18.4 Å². The molecule has 0 saturated carbocycles. The highest BCUT2D eigenvalue weighted by Crippen LogP contribution is 2.16. The molecular weight excluding hydrogens is 612 g/mol. The molecule has 0 saturated heterocycles. The quantitative estimate of drug-likeness (QED) is 0.0374. The highest BCUT2D eigenvalue weighted by Gasteiger charge is 2.21. The number of nitrogens with one attached hydrogen (secondary N) is 1. The van der Waals surface area contributed by atoms with Gasteiger partial charge >= 0.3 is 5.97 Å². The summed E-state index contributed by atoms with van der Waals surface area (Å²) in [5.41, 5.74) is 1.41. The SMILES string of the molecule is CCCCCCCCCCCCCCCO/N=C(\CCCCCCCCCCCCCCC)CC(=O)N[C@@H](Cc1ccc(O)cc1)C(=O)O. The monoisotopic (exact) mass is 687 g/mol. The summed E-state index contributed by atoms with van der Waals surface area (Å²) < 4.78 is 0. The number of nitrogens with zero attached hydrogens (tertiary/aromatic N) is 1. The summed E-state index contributed by atoms with van der Waals surface area (Å²) >= 11 is 0. The molecule has 282 valence electrons. The second-order valence-corrected chi connectivity index (χ2v) is 14.2. The lowest BCUT2D eigenvalue weighted by molar-refractivity contribution is -0.141. The maximum atomic E-state index is 13.0. The molecule has 1 atom stereocenters. The Bertz CT molecular complexity index is 949. The van der Waals surface area contributed by atoms with Crippen molar-refractivity contribution in [1.29, 1.82) is 0 Å². The van der Waals surface area contributed by atoms with Gasteiger partial charge in [-0.15, -0.1) is 0 Å². The van der Waals surface area contributed by atoms with Crippen molar-refractivity contribution in [2.45, 2.75) is 206 Å². The zero-order chi connectivity index (χ0) is 35.6. The Morgan fingerprint density at radius 2 is 1.04 bits per heavy atom. The summed E-state index contributed by atoms with van der Waals surface area (Å²) in [6.07, 6.45) is 34.3. The van der Waals surface area contributed by atoms with Gasteiger partial charge in [-0.25, -0.2) is 4.79 Å². The maximum Gasteiger partial charge on any atom is 0.326 e. The number of oxime groups is 1. The number of benzene rings is 1. The Kier molecular flexibility index (Phi) is 29.6. The lowest BCUT2D eigenvalue weighted by Gasteiger charge is -2.15. The molecule has 1 aromatic rings. The number of aliphatic carboxylic acids is 1. The number of carboxylic acids is 1. The fourth-order valence-corrected chi connectivity index (χ4v) is 6.33. The number of amides is 1. The van der Waals surface area contributed by atoms with Crippen LogP contribution in [0.2, 0.25) is 0 Å². The number of hydrogen-bond donors (Lipinski definition) is 3. The molecule has 7 heteroatoms. The normalized spacial score (nSPS) is 12.2. The van der Waals surface area contributed by atoms with E-state index in [2.05, 4.69) is 24.3 Å². The molecule has 0 aliphatic carbocycles. The van der Waals surface area contributed by atoms with Gasteiger partial charge in [-0.2, -0.15) is 0 Å². The fourth-order valence-electron chi connectivity index (χ4n) is 6.33. The van der Waals surface area contributed by atoms with E-state index in [0.29, 0.717) is 18.7 Å². The van der Waals surface area contributed by atoms with Crippen molar-refractivity contribution in [3.8, 4) is 5.75 Å². The molecule has 0 fully saturated rings. The van der Waals surface area contributed by atoms with Crippen molar-refractivity contribution < 1.29 is 24.6 Å². The van der Waals surface area contributed by atoms with Crippen molar-refractivity contribution in [3.05, 3.63) is 29.8 Å². The smallest absolute Gasteiger partial charge is 0.326 e. The van der Waals surface area contributed by atoms with Gasteiger partial charge in [0, 0.05) is 6.42 Å². The van der Waals surface area contributed by atoms with Crippen LogP contribution < -0.4 is 5.32 Å². The lowest BCUT2D eigenvalue weighted by atomic mass is 10.0. The predicted octanol–water partition coefficient (Wildman–Crippen LogP) is 11.8. The number of carbonyl (C=O) groups excluding carboxylic acids is 1. The Labute approximate surface area is 300 Å². The van der Waals surface area contributed by atoms with E-state index in [4.69, 9.17) is 4.84 Å². The molecule has 0 heterocycles. The minimum atomic E-state index is -1.09. The van der Waals surface area contributed by atoms with Gasteiger partial charge in [0.25, 0.3) is 0 Å². The molecule has 0 bridgehead atoms. The van der Waals surface area contributed by atoms with Crippen LogP contribution in [-0.2, 0) is 20.8 Å². The van der Waals surface area contributed by atoms with Crippen LogP contribution in [0.15, 0.2) is 29.4 Å². The molecule has 7 nitrogen and oxygen atoms in total. The number of aromatic hydroxyl groups is 1. The third-order valence-electron chi connectivity index (χ3n) is 9.48. The van der Waals surface area contributed by atoms with Crippen LogP contribution in [-0.4, -0.2) is 40.4 Å². The highest BCUT2D eigenvalue weighted by atomic mass is 16.6. The first kappa shape index (κ1) is 44.5. The Morgan fingerprint density at radius 1 is 0.633 bits per heavy atom. The summed E-state index contributed by atoms with van der Waals surface area (Å²) in [6, 6.07) is 5.32. The van der Waals surface area contributed by atoms with Gasteiger partial charge in [0.2, 0.25) is 5.91 Å². The molecule has 3 N–H and O–H groups in total. The Hall–Kier alpha value is -2.57. The van der Waals surface area contributed by atoms with Gasteiger partial charge in [-0.1, -0.05) is 179 Å². The lowest BCUT2D eigenvalue weighted by Crippen LogP contribution is -2.43. The van der Waals surface area contributed by atoms with Crippen molar-refractivity contribution in [1.82, 2.24) is 5.32 Å². The van der Waals surface area contributed by atoms with Crippen molar-refractivity contribution >= 4 is 17.6 Å². The van der Waals surface area contributed by atoms with Gasteiger partial charge in [0.05, 0.1) is 12.1 Å². The van der Waals surface area contributed by atoms with Gasteiger partial charge in [-0.3, -0.25) is 4.79 Å². The number of hydrogen-bond acceptors (Lipinski definition) is 5. The zero-order valence-electron chi connectivity index (χ0n) is 31.7. The largest absolute Gasteiger partial charge is 0.508 e. The second kappa shape index (κ2) is 32.6. The zero-order valence-corrected chi connectivity index (χ0v) is 31.7. The summed E-state index contributed by atoms with van der Waals surface area (Å²) in [5.74, 6) is -1.33. The van der Waals surface area contributed by atoms with E-state index >= 15 is 0 Å². The number of unbranched alkanes of at least 4 members (excludes halogenated alkanes) is 24. The molecular formula is C42H74N2O5. The molecule has 0 spiro atoms. The minimum Gasteiger partial charge on any atom is -0.508 e. The number of carbonyl (C=O) groups is 2. The van der Waals surface area contributed by atoms with Gasteiger partial charge < -0.3 is 20.4 Å². The van der Waals surface area contributed by atoms with Crippen LogP contribution in [0.5, 0.6) is 5.75 Å². The van der Waals surface area contributed by atoms with E-state index in [9.17, 15) is 19.8 Å². The van der Waals surface area contributed by atoms with E-state index in [1.54, 1.807) is 12.1 Å². The minimum absolute atomic E-state index is 0.0379. The second-order valence-electron chi connectivity index (χ2n) is 14.2. The van der Waals surface area contributed by atoms with Crippen molar-refractivity contribution in [3.63, 3.8) is 0 Å². The van der Waals surface area contributed by atoms with E-state index in [1.807, 2.05) is 0 Å². The van der Waals surface area contributed by atoms with Crippen molar-refractivity contribution in [2.75, 3.05) is 6.61 Å². The van der Waals surface area contributed by atoms with Crippen LogP contribution >= 0.6 is 0 Å². The number of carboxylic acid groups (broad SMARTS) is 1. The first-order chi connectivity index (χ1) is 24.0. The van der Waals surface area contributed by atoms with Crippen LogP contribution in [0.25, 0.3) is 0 Å². The molecule has 0 unspecified atom stereocenters. The number of phenols is 1. The standard InChI is InChI=1S/C42H74N2O5/c1-3-5-7-9-11-13-15-17-19-21-23-25-27-29-38(36-41(46)43-40(42(47)48)35-37-30-32-39(45)33-31-37)44-49-34-28-26-24-22-20-18-16-14-12-10-8-6-4-2/h30-33,40,45H,3-29,34-36H2,1-2H3,(H,43,46)(H,47,48)/b44-38+/t40-/m0/s1. The maximum absolute atomic E-state index is 13.0. The van der Waals surface area contributed by atoms with Crippen LogP contribution in [0.3, 0.4) is 0 Å². The first-order valence-corrected chi connectivity index (χ1v) is 20.4. The summed E-state index contributed by atoms with van der Waals surface area (Å²) in [7, 11) is 0. The van der Waals surface area contributed by atoms with E-state index in [1.165, 1.54) is 153 Å². The molecule has 0 aliphatic rings. The molecule has 1 aromatic carbocycles. The topological polar surface area (TPSA) is 108 Å². The Morgan fingerprint density at radius 3 is 1.47 bits per heavy atom. The molecule has 49 heavy (non-hydrogen) atoms. The molecule has 0 aliphatic heterocycles. The first-order valence-electron chi connectivity index (χ1n) is 20.4. The summed E-state index contributed by atoms with van der Waals surface area (Å²) in [6.45, 7) is 5.07. The van der Waals surface area contributed by atoms with Crippen LogP contribution in [0.4, 0.5) is 0 Å². The van der Waals surface area contributed by atoms with Gasteiger partial charge in [-0.05, 0) is 43.4 Å². The third kappa shape index (κ3) is 27.9. The molecule has 0 aromatic heterocycles. The molecule has 0 radical (unpaired) electrons. The van der Waals surface area contributed by atoms with Crippen LogP contribution in [0, 0.1) is 0 Å². The molecule has 1 amide bonds.